The third-order valence-electron chi connectivity index (χ3n) is 6.78. The number of ether oxygens (including phenoxy) is 1. The number of aromatic nitrogens is 2. The Bertz CT molecular complexity index is 1410. The molecule has 1 fully saturated rings. The molecule has 2 amide bonds. The maximum Gasteiger partial charge on any atom is 0.254 e. The quantitative estimate of drug-likeness (QED) is 0.345. The molecular weight excluding hydrogens is 476 g/mol. The fraction of sp³-hybridized carbons (Fsp3) is 0.258. The monoisotopic (exact) mass is 508 g/mol. The summed E-state index contributed by atoms with van der Waals surface area (Å²) in [5.41, 5.74) is 5.18. The van der Waals surface area contributed by atoms with Crippen molar-refractivity contribution in [3.05, 3.63) is 102 Å². The summed E-state index contributed by atoms with van der Waals surface area (Å²) in [5, 5.41) is 2.97. The van der Waals surface area contributed by atoms with Crippen LogP contribution in [0.5, 0.6) is 0 Å². The van der Waals surface area contributed by atoms with E-state index >= 15 is 0 Å². The largest absolute Gasteiger partial charge is 0.376 e. The number of carbonyl (C=O) groups excluding carboxylic acids is 2. The first kappa shape index (κ1) is 25.4. The first-order chi connectivity index (χ1) is 18.5. The van der Waals surface area contributed by atoms with Crippen LogP contribution in [0.25, 0.3) is 16.9 Å². The molecule has 1 atom stereocenters. The van der Waals surface area contributed by atoms with E-state index in [1.54, 1.807) is 11.0 Å². The number of hydrogen-bond donors (Lipinski definition) is 1. The number of nitrogens with zero attached hydrogens (tertiary/aromatic N) is 3. The Morgan fingerprint density at radius 3 is 2.45 bits per heavy atom. The van der Waals surface area contributed by atoms with E-state index in [-0.39, 0.29) is 24.5 Å². The van der Waals surface area contributed by atoms with Crippen LogP contribution in [0.15, 0.2) is 85.1 Å². The Labute approximate surface area is 223 Å². The van der Waals surface area contributed by atoms with Gasteiger partial charge in [0.15, 0.2) is 0 Å². The van der Waals surface area contributed by atoms with Gasteiger partial charge in [-0.25, -0.2) is 4.98 Å². The fourth-order valence-corrected chi connectivity index (χ4v) is 4.69. The van der Waals surface area contributed by atoms with Crippen molar-refractivity contribution >= 4 is 17.8 Å². The van der Waals surface area contributed by atoms with Gasteiger partial charge in [0.05, 0.1) is 11.8 Å². The second kappa shape index (κ2) is 11.4. The molecule has 0 unspecified atom stereocenters. The van der Waals surface area contributed by atoms with Gasteiger partial charge in [0, 0.05) is 36.2 Å². The lowest BCUT2D eigenvalue weighted by Crippen LogP contribution is -2.42. The smallest absolute Gasteiger partial charge is 0.254 e. The minimum Gasteiger partial charge on any atom is -0.376 e. The number of carbonyl (C=O) groups is 2. The van der Waals surface area contributed by atoms with Crippen molar-refractivity contribution in [3.63, 3.8) is 0 Å². The molecule has 0 radical (unpaired) electrons. The van der Waals surface area contributed by atoms with Crippen LogP contribution in [0.3, 0.4) is 0 Å². The molecule has 7 nitrogen and oxygen atoms in total. The molecule has 0 spiro atoms. The third-order valence-corrected chi connectivity index (χ3v) is 6.78. The van der Waals surface area contributed by atoms with E-state index in [0.29, 0.717) is 24.7 Å². The van der Waals surface area contributed by atoms with E-state index in [2.05, 4.69) is 5.32 Å². The van der Waals surface area contributed by atoms with Crippen LogP contribution in [0.1, 0.15) is 34.3 Å². The van der Waals surface area contributed by atoms with Crippen LogP contribution in [0.2, 0.25) is 0 Å². The maximum absolute atomic E-state index is 13.5. The number of amides is 2. The molecule has 1 saturated heterocycles. The first-order valence-corrected chi connectivity index (χ1v) is 13.0. The molecule has 1 aliphatic heterocycles. The summed E-state index contributed by atoms with van der Waals surface area (Å²) in [6.07, 6.45) is 3.67. The van der Waals surface area contributed by atoms with Gasteiger partial charge in [-0.15, -0.1) is 0 Å². The van der Waals surface area contributed by atoms with E-state index in [1.165, 1.54) is 0 Å². The summed E-state index contributed by atoms with van der Waals surface area (Å²) < 4.78 is 7.66. The van der Waals surface area contributed by atoms with Crippen molar-refractivity contribution in [2.24, 2.45) is 0 Å². The Hall–Kier alpha value is -4.23. The Morgan fingerprint density at radius 1 is 1.00 bits per heavy atom. The standard InChI is InChI=1S/C31H32N4O3/c1-22-14-16-25(17-15-22)35-20-28(24-10-4-3-5-11-24)32-31(35)33-29(36)21-34(19-26-12-8-18-38-26)30(37)27-13-7-6-9-23(27)2/h3-7,9-11,13-17,20,26H,8,12,18-19,21H2,1-2H3,(H,32,33,36)/t26-/m1/s1. The van der Waals surface area contributed by atoms with Gasteiger partial charge in [0.1, 0.15) is 6.54 Å². The SMILES string of the molecule is Cc1ccc(-n2cc(-c3ccccc3)nc2NC(=O)CN(C[C@H]2CCCO2)C(=O)c2ccccc2C)cc1. The summed E-state index contributed by atoms with van der Waals surface area (Å²) in [4.78, 5) is 33.3. The number of anilines is 1. The zero-order chi connectivity index (χ0) is 26.5. The topological polar surface area (TPSA) is 76.5 Å². The van der Waals surface area contributed by atoms with Crippen molar-refractivity contribution in [2.45, 2.75) is 32.8 Å². The highest BCUT2D eigenvalue weighted by Crippen LogP contribution is 2.25. The van der Waals surface area contributed by atoms with Crippen LogP contribution >= 0.6 is 0 Å². The molecule has 0 bridgehead atoms. The fourth-order valence-electron chi connectivity index (χ4n) is 4.69. The zero-order valence-corrected chi connectivity index (χ0v) is 21.8. The third kappa shape index (κ3) is 5.84. The number of aryl methyl sites for hydroxylation is 2. The summed E-state index contributed by atoms with van der Waals surface area (Å²) in [7, 11) is 0. The predicted octanol–water partition coefficient (Wildman–Crippen LogP) is 5.42. The van der Waals surface area contributed by atoms with Gasteiger partial charge in [-0.2, -0.15) is 0 Å². The molecule has 4 aromatic rings. The van der Waals surface area contributed by atoms with Crippen molar-refractivity contribution in [3.8, 4) is 16.9 Å². The molecular formula is C31H32N4O3. The molecule has 2 heterocycles. The van der Waals surface area contributed by atoms with Crippen LogP contribution in [0.4, 0.5) is 5.95 Å². The number of imidazole rings is 1. The lowest BCUT2D eigenvalue weighted by molar-refractivity contribution is -0.117. The highest BCUT2D eigenvalue weighted by Gasteiger charge is 2.26. The lowest BCUT2D eigenvalue weighted by atomic mass is 10.1. The molecule has 194 valence electrons. The minimum atomic E-state index is -0.316. The Morgan fingerprint density at radius 2 is 1.74 bits per heavy atom. The highest BCUT2D eigenvalue weighted by atomic mass is 16.5. The van der Waals surface area contributed by atoms with E-state index in [1.807, 2.05) is 97.4 Å². The normalized spacial score (nSPS) is 14.8. The average molecular weight is 509 g/mol. The van der Waals surface area contributed by atoms with Gasteiger partial charge in [0.25, 0.3) is 5.91 Å². The number of nitrogens with one attached hydrogen (secondary N) is 1. The lowest BCUT2D eigenvalue weighted by Gasteiger charge is -2.25. The van der Waals surface area contributed by atoms with E-state index < -0.39 is 0 Å². The molecule has 38 heavy (non-hydrogen) atoms. The summed E-state index contributed by atoms with van der Waals surface area (Å²) in [5.74, 6) is -0.0952. The van der Waals surface area contributed by atoms with Gasteiger partial charge in [-0.1, -0.05) is 66.2 Å². The van der Waals surface area contributed by atoms with Crippen molar-refractivity contribution < 1.29 is 14.3 Å². The summed E-state index contributed by atoms with van der Waals surface area (Å²) >= 11 is 0. The van der Waals surface area contributed by atoms with E-state index in [4.69, 9.17) is 9.72 Å². The second-order valence-corrected chi connectivity index (χ2v) is 9.71. The molecule has 7 heteroatoms. The Balaban J connectivity index is 1.41. The molecule has 5 rings (SSSR count). The molecule has 1 N–H and O–H groups in total. The van der Waals surface area contributed by atoms with Crippen molar-refractivity contribution in [1.29, 1.82) is 0 Å². The van der Waals surface area contributed by atoms with E-state index in [9.17, 15) is 9.59 Å². The van der Waals surface area contributed by atoms with Gasteiger partial charge in [-0.05, 0) is 50.5 Å². The molecule has 1 aliphatic rings. The van der Waals surface area contributed by atoms with Crippen molar-refractivity contribution in [2.75, 3.05) is 25.0 Å². The molecule has 1 aromatic heterocycles. The number of rotatable bonds is 8. The van der Waals surface area contributed by atoms with Crippen LogP contribution in [-0.2, 0) is 9.53 Å². The zero-order valence-electron chi connectivity index (χ0n) is 21.8. The molecule has 0 aliphatic carbocycles. The predicted molar refractivity (Wildman–Crippen MR) is 148 cm³/mol. The van der Waals surface area contributed by atoms with Crippen LogP contribution in [0, 0.1) is 13.8 Å². The van der Waals surface area contributed by atoms with Crippen LogP contribution in [-0.4, -0.2) is 52.1 Å². The second-order valence-electron chi connectivity index (χ2n) is 9.71. The highest BCUT2D eigenvalue weighted by molar-refractivity contribution is 6.00. The average Bonchev–Trinajstić information content (AvgIpc) is 3.59. The molecule has 0 saturated carbocycles. The van der Waals surface area contributed by atoms with Gasteiger partial charge < -0.3 is 9.64 Å². The molecule has 3 aromatic carbocycles. The number of hydrogen-bond acceptors (Lipinski definition) is 4. The Kier molecular flexibility index (Phi) is 7.65. The van der Waals surface area contributed by atoms with Gasteiger partial charge in [-0.3, -0.25) is 19.5 Å². The summed E-state index contributed by atoms with van der Waals surface area (Å²) in [6.45, 7) is 4.88. The minimum absolute atomic E-state index is 0.0741. The van der Waals surface area contributed by atoms with E-state index in [0.717, 1.165) is 40.9 Å². The number of benzene rings is 3. The van der Waals surface area contributed by atoms with Crippen molar-refractivity contribution in [1.82, 2.24) is 14.5 Å². The maximum atomic E-state index is 13.5. The van der Waals surface area contributed by atoms with Gasteiger partial charge >= 0.3 is 0 Å². The first-order valence-electron chi connectivity index (χ1n) is 13.0. The summed E-state index contributed by atoms with van der Waals surface area (Å²) in [6, 6.07) is 25.3. The van der Waals surface area contributed by atoms with Gasteiger partial charge in [0.2, 0.25) is 11.9 Å². The van der Waals surface area contributed by atoms with Crippen LogP contribution < -0.4 is 5.32 Å².